The van der Waals surface area contributed by atoms with Crippen LogP contribution in [0.5, 0.6) is 0 Å². The van der Waals surface area contributed by atoms with Crippen molar-refractivity contribution < 1.29 is 4.79 Å². The largest absolute Gasteiger partial charge is 0.350 e. The predicted molar refractivity (Wildman–Crippen MR) is 105 cm³/mol. The van der Waals surface area contributed by atoms with E-state index in [2.05, 4.69) is 10.3 Å². The smallest absolute Gasteiger partial charge is 0.276 e. The molecular formula is C21H20N4O2. The van der Waals surface area contributed by atoms with Crippen LogP contribution < -0.4 is 10.9 Å². The molecule has 1 amide bonds. The van der Waals surface area contributed by atoms with E-state index in [1.54, 1.807) is 16.8 Å². The molecule has 0 fully saturated rings. The number of aryl methyl sites for hydroxylation is 1. The van der Waals surface area contributed by atoms with E-state index in [4.69, 9.17) is 0 Å². The first kappa shape index (κ1) is 17.0. The summed E-state index contributed by atoms with van der Waals surface area (Å²) in [4.78, 5) is 29.6. The SMILES string of the molecule is C[C@@H](NC(=O)CCn1c(=O)c2cccn2c2cccnc21)c1ccccc1. The van der Waals surface area contributed by atoms with E-state index in [0.29, 0.717) is 11.2 Å². The van der Waals surface area contributed by atoms with Crippen LogP contribution in [0, 0.1) is 0 Å². The normalized spacial score (nSPS) is 12.3. The summed E-state index contributed by atoms with van der Waals surface area (Å²) in [5.74, 6) is -0.0995. The van der Waals surface area contributed by atoms with E-state index < -0.39 is 0 Å². The molecule has 0 aliphatic rings. The van der Waals surface area contributed by atoms with Crippen LogP contribution in [0.25, 0.3) is 16.7 Å². The molecule has 136 valence electrons. The number of rotatable bonds is 5. The minimum absolute atomic E-state index is 0.0848. The lowest BCUT2D eigenvalue weighted by Crippen LogP contribution is -2.30. The molecule has 1 aromatic carbocycles. The molecule has 3 heterocycles. The molecule has 0 aliphatic carbocycles. The van der Waals surface area contributed by atoms with E-state index >= 15 is 0 Å². The van der Waals surface area contributed by atoms with Gasteiger partial charge in [0.15, 0.2) is 5.65 Å². The van der Waals surface area contributed by atoms with Gasteiger partial charge in [-0.3, -0.25) is 14.2 Å². The highest BCUT2D eigenvalue weighted by atomic mass is 16.2. The highest BCUT2D eigenvalue weighted by Gasteiger charge is 2.14. The number of benzene rings is 1. The van der Waals surface area contributed by atoms with Gasteiger partial charge in [-0.05, 0) is 36.8 Å². The molecule has 4 rings (SSSR count). The fourth-order valence-electron chi connectivity index (χ4n) is 3.34. The standard InChI is InChI=1S/C21H20N4O2/c1-15(16-7-3-2-4-8-16)23-19(26)11-14-25-20-17(9-5-12-22-20)24-13-6-10-18(24)21(25)27/h2-10,12-13,15H,11,14H2,1H3,(H,23,26)/t15-/m1/s1. The second kappa shape index (κ2) is 7.07. The molecule has 6 nitrogen and oxygen atoms in total. The Labute approximate surface area is 156 Å². The zero-order valence-electron chi connectivity index (χ0n) is 15.0. The first-order valence-electron chi connectivity index (χ1n) is 8.94. The van der Waals surface area contributed by atoms with Gasteiger partial charge in [-0.1, -0.05) is 30.3 Å². The van der Waals surface area contributed by atoms with Crippen LogP contribution in [-0.4, -0.2) is 19.9 Å². The summed E-state index contributed by atoms with van der Waals surface area (Å²) in [6, 6.07) is 17.1. The van der Waals surface area contributed by atoms with E-state index in [1.165, 1.54) is 0 Å². The molecular weight excluding hydrogens is 340 g/mol. The summed E-state index contributed by atoms with van der Waals surface area (Å²) in [7, 11) is 0. The quantitative estimate of drug-likeness (QED) is 0.595. The Morgan fingerprint density at radius 3 is 2.67 bits per heavy atom. The fraction of sp³-hybridized carbons (Fsp3) is 0.190. The number of hydrogen-bond donors (Lipinski definition) is 1. The first-order valence-corrected chi connectivity index (χ1v) is 8.94. The molecule has 1 atom stereocenters. The molecule has 0 unspecified atom stereocenters. The van der Waals surface area contributed by atoms with Crippen molar-refractivity contribution in [3.8, 4) is 0 Å². The van der Waals surface area contributed by atoms with Crippen molar-refractivity contribution in [3.05, 3.63) is 82.9 Å². The zero-order valence-corrected chi connectivity index (χ0v) is 15.0. The third-order valence-electron chi connectivity index (χ3n) is 4.73. The predicted octanol–water partition coefficient (Wildman–Crippen LogP) is 2.92. The Kier molecular flexibility index (Phi) is 4.46. The lowest BCUT2D eigenvalue weighted by Gasteiger charge is -2.15. The summed E-state index contributed by atoms with van der Waals surface area (Å²) in [6.45, 7) is 2.23. The lowest BCUT2D eigenvalue weighted by molar-refractivity contribution is -0.121. The summed E-state index contributed by atoms with van der Waals surface area (Å²) in [5.41, 5.74) is 2.90. The monoisotopic (exact) mass is 360 g/mol. The lowest BCUT2D eigenvalue weighted by atomic mass is 10.1. The van der Waals surface area contributed by atoms with Crippen LogP contribution in [0.3, 0.4) is 0 Å². The van der Waals surface area contributed by atoms with Gasteiger partial charge in [0.05, 0.1) is 11.6 Å². The van der Waals surface area contributed by atoms with E-state index in [1.807, 2.05) is 66.1 Å². The number of nitrogens with one attached hydrogen (secondary N) is 1. The minimum Gasteiger partial charge on any atom is -0.350 e. The Hall–Kier alpha value is -3.41. The highest BCUT2D eigenvalue weighted by molar-refractivity contribution is 5.78. The number of amides is 1. The maximum Gasteiger partial charge on any atom is 0.276 e. The molecule has 0 bridgehead atoms. The zero-order chi connectivity index (χ0) is 18.8. The summed E-state index contributed by atoms with van der Waals surface area (Å²) < 4.78 is 3.41. The molecule has 3 aromatic heterocycles. The summed E-state index contributed by atoms with van der Waals surface area (Å²) in [6.07, 6.45) is 3.71. The van der Waals surface area contributed by atoms with Crippen molar-refractivity contribution in [2.75, 3.05) is 0 Å². The molecule has 0 spiro atoms. The van der Waals surface area contributed by atoms with E-state index in [0.717, 1.165) is 11.1 Å². The third-order valence-corrected chi connectivity index (χ3v) is 4.73. The van der Waals surface area contributed by atoms with Crippen LogP contribution in [0.1, 0.15) is 24.9 Å². The number of pyridine rings is 1. The van der Waals surface area contributed by atoms with Crippen LogP contribution >= 0.6 is 0 Å². The average Bonchev–Trinajstić information content (AvgIpc) is 3.19. The van der Waals surface area contributed by atoms with Crippen LogP contribution in [0.4, 0.5) is 0 Å². The Morgan fingerprint density at radius 2 is 1.85 bits per heavy atom. The Bertz CT molecular complexity index is 1160. The molecule has 0 saturated carbocycles. The second-order valence-electron chi connectivity index (χ2n) is 6.52. The van der Waals surface area contributed by atoms with Gasteiger partial charge in [-0.25, -0.2) is 4.98 Å². The molecule has 6 heteroatoms. The van der Waals surface area contributed by atoms with Gasteiger partial charge in [0.2, 0.25) is 5.91 Å². The minimum atomic E-state index is -0.143. The maximum atomic E-state index is 12.8. The Balaban J connectivity index is 1.57. The molecule has 27 heavy (non-hydrogen) atoms. The molecule has 0 radical (unpaired) electrons. The topological polar surface area (TPSA) is 68.4 Å². The van der Waals surface area contributed by atoms with E-state index in [-0.39, 0.29) is 30.5 Å². The first-order chi connectivity index (χ1) is 13.1. The number of carbonyl (C=O) groups is 1. The summed E-state index contributed by atoms with van der Waals surface area (Å²) >= 11 is 0. The second-order valence-corrected chi connectivity index (χ2v) is 6.52. The number of nitrogens with zero attached hydrogens (tertiary/aromatic N) is 3. The van der Waals surface area contributed by atoms with Gasteiger partial charge in [-0.15, -0.1) is 0 Å². The van der Waals surface area contributed by atoms with Gasteiger partial charge in [0, 0.05) is 25.4 Å². The number of fused-ring (bicyclic) bond motifs is 3. The average molecular weight is 360 g/mol. The maximum absolute atomic E-state index is 12.8. The highest BCUT2D eigenvalue weighted by Crippen LogP contribution is 2.14. The van der Waals surface area contributed by atoms with Crippen LogP contribution in [-0.2, 0) is 11.3 Å². The Morgan fingerprint density at radius 1 is 1.07 bits per heavy atom. The van der Waals surface area contributed by atoms with Crippen molar-refractivity contribution >= 4 is 22.6 Å². The van der Waals surface area contributed by atoms with Crippen LogP contribution in [0.2, 0.25) is 0 Å². The van der Waals surface area contributed by atoms with E-state index in [9.17, 15) is 9.59 Å². The van der Waals surface area contributed by atoms with Gasteiger partial charge in [0.1, 0.15) is 5.52 Å². The number of aromatic nitrogens is 3. The fourth-order valence-corrected chi connectivity index (χ4v) is 3.34. The molecule has 1 N–H and O–H groups in total. The van der Waals surface area contributed by atoms with Gasteiger partial charge in [0.25, 0.3) is 5.56 Å². The van der Waals surface area contributed by atoms with Crippen molar-refractivity contribution in [2.24, 2.45) is 0 Å². The third kappa shape index (κ3) is 3.21. The number of carbonyl (C=O) groups excluding carboxylic acids is 1. The van der Waals surface area contributed by atoms with Gasteiger partial charge in [-0.2, -0.15) is 0 Å². The van der Waals surface area contributed by atoms with Crippen LogP contribution in [0.15, 0.2) is 71.8 Å². The van der Waals surface area contributed by atoms with Crippen molar-refractivity contribution in [2.45, 2.75) is 25.9 Å². The molecule has 0 aliphatic heterocycles. The van der Waals surface area contributed by atoms with Crippen molar-refractivity contribution in [3.63, 3.8) is 0 Å². The summed E-state index contributed by atoms with van der Waals surface area (Å²) in [5, 5.41) is 2.99. The van der Waals surface area contributed by atoms with Gasteiger partial charge < -0.3 is 9.72 Å². The van der Waals surface area contributed by atoms with Crippen molar-refractivity contribution in [1.82, 2.24) is 19.3 Å². The van der Waals surface area contributed by atoms with Gasteiger partial charge >= 0.3 is 0 Å². The van der Waals surface area contributed by atoms with Crippen molar-refractivity contribution in [1.29, 1.82) is 0 Å². The molecule has 0 saturated heterocycles. The number of hydrogen-bond acceptors (Lipinski definition) is 3. The molecule has 4 aromatic rings.